The van der Waals surface area contributed by atoms with Gasteiger partial charge in [0.2, 0.25) is 5.91 Å². The van der Waals surface area contributed by atoms with E-state index < -0.39 is 24.0 Å². The van der Waals surface area contributed by atoms with Crippen LogP contribution in [0.3, 0.4) is 0 Å². The number of hydrogen-bond donors (Lipinski definition) is 4. The molecule has 1 aliphatic carbocycles. The second kappa shape index (κ2) is 8.46. The van der Waals surface area contributed by atoms with E-state index in [1.807, 2.05) is 0 Å². The monoisotopic (exact) mass is 301 g/mol. The molecule has 0 aliphatic heterocycles. The summed E-state index contributed by atoms with van der Waals surface area (Å²) in [6, 6.07) is -1.61. The van der Waals surface area contributed by atoms with Gasteiger partial charge in [0.15, 0.2) is 0 Å². The standard InChI is InChI=1S/C13H23N3O5/c1-8(11(17)14-6-7-21-2)15-13(20)16-10-5-3-4-9(10)12(18)19/h8-10H,3-7H2,1-2H3,(H,14,17)(H,18,19)(H2,15,16,20). The van der Waals surface area contributed by atoms with E-state index in [4.69, 9.17) is 9.84 Å². The average Bonchev–Trinajstić information content (AvgIpc) is 2.86. The van der Waals surface area contributed by atoms with Gasteiger partial charge in [0.25, 0.3) is 0 Å². The zero-order valence-corrected chi connectivity index (χ0v) is 12.3. The number of amides is 3. The minimum atomic E-state index is -0.900. The second-order valence-corrected chi connectivity index (χ2v) is 5.11. The predicted octanol–water partition coefficient (Wildman–Crippen LogP) is -0.310. The summed E-state index contributed by atoms with van der Waals surface area (Å²) in [6.07, 6.45) is 1.97. The Bertz CT molecular complexity index is 388. The van der Waals surface area contributed by atoms with Crippen molar-refractivity contribution in [3.8, 4) is 0 Å². The van der Waals surface area contributed by atoms with Crippen LogP contribution in [-0.2, 0) is 14.3 Å². The van der Waals surface area contributed by atoms with Gasteiger partial charge in [-0.25, -0.2) is 4.79 Å². The van der Waals surface area contributed by atoms with E-state index in [-0.39, 0.29) is 11.9 Å². The van der Waals surface area contributed by atoms with Crippen molar-refractivity contribution in [3.63, 3.8) is 0 Å². The Morgan fingerprint density at radius 1 is 1.33 bits per heavy atom. The van der Waals surface area contributed by atoms with E-state index in [1.165, 1.54) is 7.11 Å². The van der Waals surface area contributed by atoms with Gasteiger partial charge < -0.3 is 25.8 Å². The molecule has 0 aromatic rings. The molecular weight excluding hydrogens is 278 g/mol. The van der Waals surface area contributed by atoms with Crippen molar-refractivity contribution >= 4 is 17.9 Å². The van der Waals surface area contributed by atoms with Crippen LogP contribution in [0.4, 0.5) is 4.79 Å². The van der Waals surface area contributed by atoms with E-state index >= 15 is 0 Å². The van der Waals surface area contributed by atoms with Gasteiger partial charge in [0, 0.05) is 19.7 Å². The first kappa shape index (κ1) is 17.2. The molecule has 3 unspecified atom stereocenters. The zero-order chi connectivity index (χ0) is 15.8. The number of carbonyl (C=O) groups excluding carboxylic acids is 2. The van der Waals surface area contributed by atoms with Gasteiger partial charge >= 0.3 is 12.0 Å². The van der Waals surface area contributed by atoms with Crippen LogP contribution in [0.1, 0.15) is 26.2 Å². The van der Waals surface area contributed by atoms with Crippen molar-refractivity contribution in [1.82, 2.24) is 16.0 Å². The molecule has 0 bridgehead atoms. The number of hydrogen-bond acceptors (Lipinski definition) is 4. The third-order valence-corrected chi connectivity index (χ3v) is 3.50. The Morgan fingerprint density at radius 2 is 2.05 bits per heavy atom. The normalized spacial score (nSPS) is 22.4. The number of aliphatic carboxylic acids is 1. The number of urea groups is 1. The molecule has 1 rings (SSSR count). The molecule has 120 valence electrons. The topological polar surface area (TPSA) is 117 Å². The van der Waals surface area contributed by atoms with Crippen molar-refractivity contribution in [3.05, 3.63) is 0 Å². The van der Waals surface area contributed by atoms with Crippen molar-refractivity contribution in [1.29, 1.82) is 0 Å². The molecule has 3 amide bonds. The summed E-state index contributed by atoms with van der Waals surface area (Å²) in [4.78, 5) is 34.5. The Balaban J connectivity index is 2.35. The second-order valence-electron chi connectivity index (χ2n) is 5.11. The molecule has 0 aromatic carbocycles. The van der Waals surface area contributed by atoms with E-state index in [0.717, 1.165) is 6.42 Å². The number of nitrogens with one attached hydrogen (secondary N) is 3. The number of ether oxygens (including phenoxy) is 1. The van der Waals surface area contributed by atoms with Crippen LogP contribution in [-0.4, -0.2) is 55.4 Å². The first-order valence-electron chi connectivity index (χ1n) is 7.02. The fourth-order valence-corrected chi connectivity index (χ4v) is 2.33. The molecule has 21 heavy (non-hydrogen) atoms. The molecule has 1 fully saturated rings. The van der Waals surface area contributed by atoms with Gasteiger partial charge in [-0.05, 0) is 19.8 Å². The highest BCUT2D eigenvalue weighted by molar-refractivity contribution is 5.87. The van der Waals surface area contributed by atoms with Gasteiger partial charge in [-0.3, -0.25) is 9.59 Å². The van der Waals surface area contributed by atoms with Gasteiger partial charge in [0.05, 0.1) is 12.5 Å². The number of rotatable bonds is 7. The van der Waals surface area contributed by atoms with Crippen molar-refractivity contribution < 1.29 is 24.2 Å². The number of carboxylic acids is 1. The molecule has 0 heterocycles. The molecule has 0 radical (unpaired) electrons. The Morgan fingerprint density at radius 3 is 2.67 bits per heavy atom. The molecule has 0 spiro atoms. The summed E-state index contributed by atoms with van der Waals surface area (Å²) in [5, 5.41) is 16.8. The van der Waals surface area contributed by atoms with E-state index in [9.17, 15) is 14.4 Å². The summed E-state index contributed by atoms with van der Waals surface area (Å²) in [5.41, 5.74) is 0. The lowest BCUT2D eigenvalue weighted by Crippen LogP contribution is -2.52. The molecule has 3 atom stereocenters. The largest absolute Gasteiger partial charge is 0.481 e. The van der Waals surface area contributed by atoms with Crippen LogP contribution in [0.5, 0.6) is 0 Å². The van der Waals surface area contributed by atoms with Gasteiger partial charge in [-0.15, -0.1) is 0 Å². The summed E-state index contributed by atoms with van der Waals surface area (Å²) < 4.78 is 4.81. The fourth-order valence-electron chi connectivity index (χ4n) is 2.33. The third kappa shape index (κ3) is 5.58. The minimum Gasteiger partial charge on any atom is -0.481 e. The smallest absolute Gasteiger partial charge is 0.315 e. The first-order chi connectivity index (χ1) is 9.95. The lowest BCUT2D eigenvalue weighted by molar-refractivity contribution is -0.142. The SMILES string of the molecule is COCCNC(=O)C(C)NC(=O)NC1CCCC1C(=O)O. The van der Waals surface area contributed by atoms with Crippen LogP contribution in [0.15, 0.2) is 0 Å². The average molecular weight is 301 g/mol. The Kier molecular flexibility index (Phi) is 6.93. The lowest BCUT2D eigenvalue weighted by Gasteiger charge is -2.20. The molecule has 4 N–H and O–H groups in total. The van der Waals surface area contributed by atoms with Crippen LogP contribution < -0.4 is 16.0 Å². The maximum Gasteiger partial charge on any atom is 0.315 e. The first-order valence-corrected chi connectivity index (χ1v) is 7.02. The minimum absolute atomic E-state index is 0.316. The van der Waals surface area contributed by atoms with E-state index in [1.54, 1.807) is 6.92 Å². The molecule has 0 aromatic heterocycles. The van der Waals surface area contributed by atoms with Crippen LogP contribution in [0.25, 0.3) is 0 Å². The zero-order valence-electron chi connectivity index (χ0n) is 12.3. The summed E-state index contributed by atoms with van der Waals surface area (Å²) in [5.74, 6) is -1.77. The molecule has 8 nitrogen and oxygen atoms in total. The lowest BCUT2D eigenvalue weighted by atomic mass is 10.0. The Labute approximate surface area is 123 Å². The number of carboxylic acid groups (broad SMARTS) is 1. The maximum absolute atomic E-state index is 11.8. The van der Waals surface area contributed by atoms with Crippen LogP contribution in [0.2, 0.25) is 0 Å². The van der Waals surface area contributed by atoms with E-state index in [0.29, 0.717) is 26.0 Å². The highest BCUT2D eigenvalue weighted by Crippen LogP contribution is 2.25. The van der Waals surface area contributed by atoms with Crippen LogP contribution in [0, 0.1) is 5.92 Å². The third-order valence-electron chi connectivity index (χ3n) is 3.50. The summed E-state index contributed by atoms with van der Waals surface area (Å²) >= 11 is 0. The van der Waals surface area contributed by atoms with Crippen LogP contribution >= 0.6 is 0 Å². The van der Waals surface area contributed by atoms with Crippen molar-refractivity contribution in [2.75, 3.05) is 20.3 Å². The summed E-state index contributed by atoms with van der Waals surface area (Å²) in [7, 11) is 1.53. The van der Waals surface area contributed by atoms with E-state index in [2.05, 4.69) is 16.0 Å². The molecule has 8 heteroatoms. The Hall–Kier alpha value is -1.83. The molecule has 1 saturated carbocycles. The summed E-state index contributed by atoms with van der Waals surface area (Å²) in [6.45, 7) is 2.32. The maximum atomic E-state index is 11.8. The van der Waals surface area contributed by atoms with Crippen molar-refractivity contribution in [2.24, 2.45) is 5.92 Å². The quantitative estimate of drug-likeness (QED) is 0.481. The number of carbonyl (C=O) groups is 3. The fraction of sp³-hybridized carbons (Fsp3) is 0.769. The van der Waals surface area contributed by atoms with Gasteiger partial charge in [0.1, 0.15) is 6.04 Å². The molecule has 0 saturated heterocycles. The molecular formula is C13H23N3O5. The molecule has 1 aliphatic rings. The predicted molar refractivity (Wildman–Crippen MR) is 74.8 cm³/mol. The highest BCUT2D eigenvalue weighted by Gasteiger charge is 2.34. The van der Waals surface area contributed by atoms with Gasteiger partial charge in [-0.2, -0.15) is 0 Å². The van der Waals surface area contributed by atoms with Crippen molar-refractivity contribution in [2.45, 2.75) is 38.3 Å². The number of methoxy groups -OCH3 is 1. The highest BCUT2D eigenvalue weighted by atomic mass is 16.5. The van der Waals surface area contributed by atoms with Gasteiger partial charge in [-0.1, -0.05) is 6.42 Å².